The molecule has 1 aliphatic carbocycles. The molecule has 1 N–H and O–H groups in total. The highest BCUT2D eigenvalue weighted by Crippen LogP contribution is 2.42. The summed E-state index contributed by atoms with van der Waals surface area (Å²) in [4.78, 5) is 6.83. The van der Waals surface area contributed by atoms with Crippen molar-refractivity contribution < 1.29 is 12.9 Å². The number of benzene rings is 1. The predicted molar refractivity (Wildman–Crippen MR) is 116 cm³/mol. The van der Waals surface area contributed by atoms with Crippen molar-refractivity contribution in [2.75, 3.05) is 32.7 Å². The minimum Gasteiger partial charge on any atom is -0.364 e. The molecule has 1 saturated carbocycles. The number of sulfonamides is 1. The van der Waals surface area contributed by atoms with Crippen LogP contribution < -0.4 is 5.32 Å². The quantitative estimate of drug-likeness (QED) is 0.555. The summed E-state index contributed by atoms with van der Waals surface area (Å²) in [5.74, 6) is 1.27. The maximum absolute atomic E-state index is 12.7. The van der Waals surface area contributed by atoms with Gasteiger partial charge in [-0.2, -0.15) is 4.31 Å². The fraction of sp³-hybridized carbons (Fsp3) is 0.524. The highest BCUT2D eigenvalue weighted by atomic mass is 32.2. The zero-order valence-corrected chi connectivity index (χ0v) is 18.3. The second-order valence-electron chi connectivity index (χ2n) is 7.88. The van der Waals surface area contributed by atoms with Crippen LogP contribution in [0.25, 0.3) is 0 Å². The first kappa shape index (κ1) is 20.9. The standard InChI is InChI=1S/C21H29N5O3S/c1-3-22-21(23-20-14-19(20)18-7-5-4-6-16(18)2)25-9-11-26(12-10-25)30(27,28)15-17-8-13-29-24-17/h4-8,13,19-20H,3,9-12,14-15H2,1-2H3,(H,22,23). The molecule has 0 radical (unpaired) electrons. The Morgan fingerprint density at radius 2 is 2.00 bits per heavy atom. The first-order valence-corrected chi connectivity index (χ1v) is 12.1. The van der Waals surface area contributed by atoms with Crippen molar-refractivity contribution in [2.45, 2.75) is 38.0 Å². The monoisotopic (exact) mass is 431 g/mol. The Labute approximate surface area is 178 Å². The molecular formula is C21H29N5O3S. The van der Waals surface area contributed by atoms with Crippen LogP contribution >= 0.6 is 0 Å². The van der Waals surface area contributed by atoms with Gasteiger partial charge in [0.25, 0.3) is 0 Å². The van der Waals surface area contributed by atoms with Crippen molar-refractivity contribution in [1.29, 1.82) is 0 Å². The molecule has 0 amide bonds. The minimum atomic E-state index is -3.40. The van der Waals surface area contributed by atoms with Crippen molar-refractivity contribution in [2.24, 2.45) is 4.99 Å². The maximum Gasteiger partial charge on any atom is 0.220 e. The van der Waals surface area contributed by atoms with E-state index in [4.69, 9.17) is 4.52 Å². The van der Waals surface area contributed by atoms with Crippen LogP contribution in [-0.4, -0.2) is 67.5 Å². The molecule has 1 aromatic heterocycles. The van der Waals surface area contributed by atoms with Gasteiger partial charge in [-0.1, -0.05) is 29.4 Å². The summed E-state index contributed by atoms with van der Waals surface area (Å²) in [7, 11) is -3.40. The number of nitrogens with zero attached hydrogens (tertiary/aromatic N) is 4. The van der Waals surface area contributed by atoms with Crippen molar-refractivity contribution >= 4 is 16.0 Å². The predicted octanol–water partition coefficient (Wildman–Crippen LogP) is 1.95. The van der Waals surface area contributed by atoms with E-state index in [-0.39, 0.29) is 5.75 Å². The fourth-order valence-electron chi connectivity index (χ4n) is 4.02. The lowest BCUT2D eigenvalue weighted by Gasteiger charge is -2.36. The summed E-state index contributed by atoms with van der Waals surface area (Å²) >= 11 is 0. The number of piperazine rings is 1. The van der Waals surface area contributed by atoms with E-state index in [2.05, 4.69) is 51.6 Å². The van der Waals surface area contributed by atoms with Gasteiger partial charge in [0.1, 0.15) is 12.0 Å². The van der Waals surface area contributed by atoms with E-state index in [0.29, 0.717) is 50.4 Å². The Balaban J connectivity index is 1.34. The van der Waals surface area contributed by atoms with Crippen LogP contribution in [0.2, 0.25) is 0 Å². The summed E-state index contributed by atoms with van der Waals surface area (Å²) < 4.78 is 31.6. The van der Waals surface area contributed by atoms with Crippen molar-refractivity contribution in [1.82, 2.24) is 19.7 Å². The van der Waals surface area contributed by atoms with Crippen LogP contribution in [0, 0.1) is 6.92 Å². The Kier molecular flexibility index (Phi) is 6.10. The van der Waals surface area contributed by atoms with E-state index in [9.17, 15) is 8.42 Å². The molecule has 8 nitrogen and oxygen atoms in total. The molecular weight excluding hydrogens is 402 g/mol. The van der Waals surface area contributed by atoms with Gasteiger partial charge in [-0.05, 0) is 31.4 Å². The van der Waals surface area contributed by atoms with Crippen molar-refractivity contribution in [3.63, 3.8) is 0 Å². The molecule has 0 spiro atoms. The summed E-state index contributed by atoms with van der Waals surface area (Å²) in [5.41, 5.74) is 3.16. The zero-order valence-electron chi connectivity index (χ0n) is 17.5. The summed E-state index contributed by atoms with van der Waals surface area (Å²) in [6.45, 7) is 6.98. The lowest BCUT2D eigenvalue weighted by Crippen LogP contribution is -2.54. The first-order chi connectivity index (χ1) is 14.5. The maximum atomic E-state index is 12.7. The smallest absolute Gasteiger partial charge is 0.220 e. The SMILES string of the molecule is CCN=C(NC1CC1c1ccccc1C)N1CCN(S(=O)(=O)Cc2ccon2)CC1. The first-order valence-electron chi connectivity index (χ1n) is 10.5. The van der Waals surface area contributed by atoms with Crippen LogP contribution in [0.15, 0.2) is 46.1 Å². The van der Waals surface area contributed by atoms with Crippen LogP contribution in [-0.2, 0) is 15.8 Å². The van der Waals surface area contributed by atoms with Gasteiger partial charge in [0, 0.05) is 50.7 Å². The second-order valence-corrected chi connectivity index (χ2v) is 9.85. The van der Waals surface area contributed by atoms with E-state index >= 15 is 0 Å². The van der Waals surface area contributed by atoms with E-state index < -0.39 is 10.0 Å². The fourth-order valence-corrected chi connectivity index (χ4v) is 5.45. The topological polar surface area (TPSA) is 91.0 Å². The van der Waals surface area contributed by atoms with Crippen LogP contribution in [0.3, 0.4) is 0 Å². The largest absolute Gasteiger partial charge is 0.364 e. The lowest BCUT2D eigenvalue weighted by atomic mass is 10.0. The molecule has 30 heavy (non-hydrogen) atoms. The van der Waals surface area contributed by atoms with E-state index in [1.807, 2.05) is 6.92 Å². The van der Waals surface area contributed by atoms with Gasteiger partial charge in [-0.15, -0.1) is 0 Å². The molecule has 2 aliphatic rings. The third kappa shape index (κ3) is 4.67. The Morgan fingerprint density at radius 1 is 1.23 bits per heavy atom. The highest BCUT2D eigenvalue weighted by Gasteiger charge is 2.40. The number of rotatable bonds is 6. The van der Waals surface area contributed by atoms with Crippen LogP contribution in [0.1, 0.15) is 36.1 Å². The molecule has 0 bridgehead atoms. The molecule has 4 rings (SSSR count). The molecule has 162 valence electrons. The molecule has 2 fully saturated rings. The Bertz CT molecular complexity index is 982. The number of aliphatic imine (C=N–C) groups is 1. The van der Waals surface area contributed by atoms with Gasteiger partial charge in [0.2, 0.25) is 10.0 Å². The molecule has 1 saturated heterocycles. The average Bonchev–Trinajstić information content (AvgIpc) is 3.30. The van der Waals surface area contributed by atoms with Gasteiger partial charge in [-0.25, -0.2) is 8.42 Å². The summed E-state index contributed by atoms with van der Waals surface area (Å²) in [6.07, 6.45) is 2.49. The third-order valence-corrected chi connectivity index (χ3v) is 7.57. The number of aromatic nitrogens is 1. The number of aryl methyl sites for hydroxylation is 1. The van der Waals surface area contributed by atoms with Gasteiger partial charge >= 0.3 is 0 Å². The van der Waals surface area contributed by atoms with Crippen LogP contribution in [0.4, 0.5) is 0 Å². The van der Waals surface area contributed by atoms with Crippen molar-refractivity contribution in [3.05, 3.63) is 53.4 Å². The Hall–Kier alpha value is -2.39. The molecule has 2 unspecified atom stereocenters. The minimum absolute atomic E-state index is 0.127. The Morgan fingerprint density at radius 3 is 2.67 bits per heavy atom. The molecule has 2 heterocycles. The average molecular weight is 432 g/mol. The second kappa shape index (κ2) is 8.77. The van der Waals surface area contributed by atoms with Gasteiger partial charge in [0.15, 0.2) is 5.96 Å². The van der Waals surface area contributed by atoms with Crippen LogP contribution in [0.5, 0.6) is 0 Å². The summed E-state index contributed by atoms with van der Waals surface area (Å²) in [6, 6.07) is 10.5. The van der Waals surface area contributed by atoms with E-state index in [0.717, 1.165) is 12.4 Å². The molecule has 9 heteroatoms. The number of hydrogen-bond acceptors (Lipinski definition) is 5. The molecule has 2 atom stereocenters. The lowest BCUT2D eigenvalue weighted by molar-refractivity contribution is 0.259. The number of guanidine groups is 1. The third-order valence-electron chi connectivity index (χ3n) is 5.75. The van der Waals surface area contributed by atoms with E-state index in [1.54, 1.807) is 6.07 Å². The van der Waals surface area contributed by atoms with E-state index in [1.165, 1.54) is 21.7 Å². The van der Waals surface area contributed by atoms with Crippen molar-refractivity contribution in [3.8, 4) is 0 Å². The molecule has 1 aliphatic heterocycles. The normalized spacial score (nSPS) is 22.9. The highest BCUT2D eigenvalue weighted by molar-refractivity contribution is 7.88. The number of nitrogens with one attached hydrogen (secondary N) is 1. The number of hydrogen-bond donors (Lipinski definition) is 1. The zero-order chi connectivity index (χ0) is 21.1. The van der Waals surface area contributed by atoms with Gasteiger partial charge < -0.3 is 14.7 Å². The van der Waals surface area contributed by atoms with Gasteiger partial charge in [-0.3, -0.25) is 4.99 Å². The molecule has 2 aromatic rings. The summed E-state index contributed by atoms with van der Waals surface area (Å²) in [5, 5.41) is 7.33. The molecule has 1 aromatic carbocycles. The van der Waals surface area contributed by atoms with Gasteiger partial charge in [0.05, 0.1) is 5.69 Å².